The molecule has 0 radical (unpaired) electrons. The molecule has 0 saturated carbocycles. The van der Waals surface area contributed by atoms with Gasteiger partial charge in [0.15, 0.2) is 5.96 Å². The Morgan fingerprint density at radius 2 is 2.06 bits per heavy atom. The molecule has 1 aliphatic rings. The van der Waals surface area contributed by atoms with Crippen LogP contribution in [-0.2, 0) is 4.74 Å². The van der Waals surface area contributed by atoms with Gasteiger partial charge < -0.3 is 20.3 Å². The zero-order valence-electron chi connectivity index (χ0n) is 12.0. The summed E-state index contributed by atoms with van der Waals surface area (Å²) in [5, 5.41) is 6.71. The van der Waals surface area contributed by atoms with Crippen molar-refractivity contribution in [2.24, 2.45) is 10.9 Å². The summed E-state index contributed by atoms with van der Waals surface area (Å²) in [6.45, 7) is 5.15. The second-order valence-electron chi connectivity index (χ2n) is 4.97. The second-order valence-corrected chi connectivity index (χ2v) is 4.97. The van der Waals surface area contributed by atoms with Crippen molar-refractivity contribution in [3.8, 4) is 0 Å². The third-order valence-electron chi connectivity index (χ3n) is 3.44. The van der Waals surface area contributed by atoms with Gasteiger partial charge in [-0.3, -0.25) is 4.99 Å². The first-order chi connectivity index (χ1) is 8.76. The standard InChI is InChI=1S/C13H28N4O/c1-14-13(15-7-4-10-18-3)16-11-12-5-8-17(2)9-6-12/h12H,4-11H2,1-3H3,(H2,14,15,16). The van der Waals surface area contributed by atoms with Crippen molar-refractivity contribution in [2.45, 2.75) is 19.3 Å². The quantitative estimate of drug-likeness (QED) is 0.413. The first-order valence-corrected chi connectivity index (χ1v) is 6.88. The molecular formula is C13H28N4O. The minimum atomic E-state index is 0.777. The van der Waals surface area contributed by atoms with E-state index in [4.69, 9.17) is 4.74 Å². The van der Waals surface area contributed by atoms with Crippen molar-refractivity contribution >= 4 is 5.96 Å². The van der Waals surface area contributed by atoms with E-state index in [0.717, 1.165) is 38.0 Å². The molecule has 0 aromatic heterocycles. The van der Waals surface area contributed by atoms with Crippen LogP contribution in [0, 0.1) is 5.92 Å². The van der Waals surface area contributed by atoms with Crippen molar-refractivity contribution in [2.75, 3.05) is 54.0 Å². The number of guanidine groups is 1. The maximum absolute atomic E-state index is 5.02. The van der Waals surface area contributed by atoms with Gasteiger partial charge in [-0.15, -0.1) is 0 Å². The molecule has 5 heteroatoms. The van der Waals surface area contributed by atoms with Crippen LogP contribution in [0.15, 0.2) is 4.99 Å². The van der Waals surface area contributed by atoms with E-state index in [0.29, 0.717) is 0 Å². The van der Waals surface area contributed by atoms with Crippen LogP contribution < -0.4 is 10.6 Å². The Morgan fingerprint density at radius 3 is 2.67 bits per heavy atom. The molecule has 0 atom stereocenters. The Hall–Kier alpha value is -0.810. The van der Waals surface area contributed by atoms with Crippen molar-refractivity contribution < 1.29 is 4.74 Å². The fourth-order valence-corrected chi connectivity index (χ4v) is 2.15. The highest BCUT2D eigenvalue weighted by atomic mass is 16.5. The largest absolute Gasteiger partial charge is 0.385 e. The molecule has 0 bridgehead atoms. The maximum Gasteiger partial charge on any atom is 0.190 e. The van der Waals surface area contributed by atoms with Crippen LogP contribution >= 0.6 is 0 Å². The molecule has 0 aromatic carbocycles. The zero-order valence-corrected chi connectivity index (χ0v) is 12.0. The monoisotopic (exact) mass is 256 g/mol. The lowest BCUT2D eigenvalue weighted by molar-refractivity contribution is 0.195. The van der Waals surface area contributed by atoms with Gasteiger partial charge in [0, 0.05) is 33.9 Å². The fraction of sp³-hybridized carbons (Fsp3) is 0.923. The number of methoxy groups -OCH3 is 1. The minimum absolute atomic E-state index is 0.777. The van der Waals surface area contributed by atoms with Crippen LogP contribution in [0.2, 0.25) is 0 Å². The molecule has 1 fully saturated rings. The summed E-state index contributed by atoms with van der Waals surface area (Å²) in [7, 11) is 5.74. The average Bonchev–Trinajstić information content (AvgIpc) is 2.40. The Labute approximate surface area is 111 Å². The summed E-state index contributed by atoms with van der Waals surface area (Å²) >= 11 is 0. The number of aliphatic imine (C=N–C) groups is 1. The summed E-state index contributed by atoms with van der Waals surface area (Å²) in [5.74, 6) is 1.68. The molecule has 1 heterocycles. The van der Waals surface area contributed by atoms with Gasteiger partial charge in [0.2, 0.25) is 0 Å². The number of likely N-dealkylation sites (tertiary alicyclic amines) is 1. The van der Waals surface area contributed by atoms with E-state index < -0.39 is 0 Å². The van der Waals surface area contributed by atoms with E-state index in [1.807, 2.05) is 7.05 Å². The normalized spacial score (nSPS) is 18.9. The van der Waals surface area contributed by atoms with Crippen LogP contribution in [0.4, 0.5) is 0 Å². The summed E-state index contributed by atoms with van der Waals surface area (Å²) in [6, 6.07) is 0. The van der Waals surface area contributed by atoms with Crippen LogP contribution in [0.5, 0.6) is 0 Å². The highest BCUT2D eigenvalue weighted by Gasteiger charge is 2.16. The second kappa shape index (κ2) is 9.16. The van der Waals surface area contributed by atoms with Gasteiger partial charge in [-0.1, -0.05) is 0 Å². The number of hydrogen-bond acceptors (Lipinski definition) is 3. The van der Waals surface area contributed by atoms with Crippen molar-refractivity contribution in [1.29, 1.82) is 0 Å². The Kier molecular flexibility index (Phi) is 7.76. The highest BCUT2D eigenvalue weighted by molar-refractivity contribution is 5.79. The SMILES string of the molecule is CN=C(NCCCOC)NCC1CCN(C)CC1. The predicted octanol–water partition coefficient (Wildman–Crippen LogP) is 0.530. The lowest BCUT2D eigenvalue weighted by Gasteiger charge is -2.29. The third kappa shape index (κ3) is 6.21. The van der Waals surface area contributed by atoms with Gasteiger partial charge >= 0.3 is 0 Å². The summed E-state index contributed by atoms with van der Waals surface area (Å²) < 4.78 is 5.02. The van der Waals surface area contributed by atoms with Gasteiger partial charge in [-0.25, -0.2) is 0 Å². The number of ether oxygens (including phenoxy) is 1. The zero-order chi connectivity index (χ0) is 13.2. The molecule has 2 N–H and O–H groups in total. The Bertz CT molecular complexity index is 237. The molecule has 0 amide bonds. The average molecular weight is 256 g/mol. The van der Waals surface area contributed by atoms with Crippen molar-refractivity contribution in [3.63, 3.8) is 0 Å². The molecule has 0 aliphatic carbocycles. The fourth-order valence-electron chi connectivity index (χ4n) is 2.15. The lowest BCUT2D eigenvalue weighted by atomic mass is 9.97. The van der Waals surface area contributed by atoms with Gasteiger partial charge in [0.05, 0.1) is 0 Å². The number of piperidine rings is 1. The molecule has 106 valence electrons. The number of nitrogens with zero attached hydrogens (tertiary/aromatic N) is 2. The van der Waals surface area contributed by atoms with Crippen LogP contribution in [-0.4, -0.2) is 64.9 Å². The highest BCUT2D eigenvalue weighted by Crippen LogP contribution is 2.14. The summed E-state index contributed by atoms with van der Waals surface area (Å²) in [6.07, 6.45) is 3.57. The molecule has 5 nitrogen and oxygen atoms in total. The van der Waals surface area contributed by atoms with E-state index >= 15 is 0 Å². The first-order valence-electron chi connectivity index (χ1n) is 6.88. The van der Waals surface area contributed by atoms with Gasteiger partial charge in [-0.2, -0.15) is 0 Å². The molecule has 0 aromatic rings. The topological polar surface area (TPSA) is 48.9 Å². The maximum atomic E-state index is 5.02. The molecule has 1 aliphatic heterocycles. The van der Waals surface area contributed by atoms with E-state index in [1.165, 1.54) is 25.9 Å². The van der Waals surface area contributed by atoms with Crippen LogP contribution in [0.1, 0.15) is 19.3 Å². The van der Waals surface area contributed by atoms with E-state index in [-0.39, 0.29) is 0 Å². The third-order valence-corrected chi connectivity index (χ3v) is 3.44. The first kappa shape index (κ1) is 15.2. The molecular weight excluding hydrogens is 228 g/mol. The van der Waals surface area contributed by atoms with Crippen LogP contribution in [0.3, 0.4) is 0 Å². The molecule has 1 saturated heterocycles. The smallest absolute Gasteiger partial charge is 0.190 e. The number of hydrogen-bond donors (Lipinski definition) is 2. The predicted molar refractivity (Wildman–Crippen MR) is 76.1 cm³/mol. The van der Waals surface area contributed by atoms with E-state index in [9.17, 15) is 0 Å². The van der Waals surface area contributed by atoms with Crippen LogP contribution in [0.25, 0.3) is 0 Å². The molecule has 18 heavy (non-hydrogen) atoms. The van der Waals surface area contributed by atoms with Crippen molar-refractivity contribution in [1.82, 2.24) is 15.5 Å². The summed E-state index contributed by atoms with van der Waals surface area (Å²) in [4.78, 5) is 6.63. The Morgan fingerprint density at radius 1 is 1.33 bits per heavy atom. The Balaban J connectivity index is 2.11. The molecule has 0 spiro atoms. The molecule has 1 rings (SSSR count). The van der Waals surface area contributed by atoms with Gasteiger partial charge in [0.25, 0.3) is 0 Å². The molecule has 0 unspecified atom stereocenters. The van der Waals surface area contributed by atoms with E-state index in [2.05, 4.69) is 27.6 Å². The van der Waals surface area contributed by atoms with Crippen molar-refractivity contribution in [3.05, 3.63) is 0 Å². The minimum Gasteiger partial charge on any atom is -0.385 e. The lowest BCUT2D eigenvalue weighted by Crippen LogP contribution is -2.42. The number of rotatable bonds is 6. The van der Waals surface area contributed by atoms with Gasteiger partial charge in [-0.05, 0) is 45.3 Å². The van der Waals surface area contributed by atoms with E-state index in [1.54, 1.807) is 7.11 Å². The summed E-state index contributed by atoms with van der Waals surface area (Å²) in [5.41, 5.74) is 0. The number of nitrogens with one attached hydrogen (secondary N) is 2. The van der Waals surface area contributed by atoms with Gasteiger partial charge in [0.1, 0.15) is 0 Å².